The molecule has 0 amide bonds. The van der Waals surface area contributed by atoms with Crippen molar-refractivity contribution < 1.29 is 4.21 Å². The largest absolute Gasteiger partial charge is 0.308 e. The second kappa shape index (κ2) is 4.49. The molecule has 2 heterocycles. The number of hydrogen-bond donors (Lipinski definition) is 1. The Balaban J connectivity index is 2.21. The molecule has 1 saturated heterocycles. The molecule has 0 radical (unpaired) electrons. The highest BCUT2D eigenvalue weighted by atomic mass is 35.5. The van der Waals surface area contributed by atoms with Gasteiger partial charge in [0.25, 0.3) is 0 Å². The third-order valence-corrected chi connectivity index (χ3v) is 5.01. The zero-order chi connectivity index (χ0) is 10.1. The second-order valence-electron chi connectivity index (χ2n) is 3.10. The molecule has 6 heteroatoms. The highest BCUT2D eigenvalue weighted by Crippen LogP contribution is 2.35. The third-order valence-electron chi connectivity index (χ3n) is 2.13. The Bertz CT molecular complexity index is 366. The summed E-state index contributed by atoms with van der Waals surface area (Å²) in [6.07, 6.45) is 0. The molecular weight excluding hydrogens is 261 g/mol. The Morgan fingerprint density at radius 3 is 2.93 bits per heavy atom. The van der Waals surface area contributed by atoms with Crippen LogP contribution in [-0.4, -0.2) is 22.3 Å². The lowest BCUT2D eigenvalue weighted by Gasteiger charge is -2.22. The quantitative estimate of drug-likeness (QED) is 0.849. The Morgan fingerprint density at radius 1 is 1.57 bits per heavy atom. The molecule has 2 atom stereocenters. The molecular formula is C8H9Cl2NOS2. The fraction of sp³-hybridized carbons (Fsp3) is 0.500. The van der Waals surface area contributed by atoms with E-state index in [2.05, 4.69) is 5.32 Å². The van der Waals surface area contributed by atoms with Gasteiger partial charge < -0.3 is 5.32 Å². The molecule has 2 unspecified atom stereocenters. The third kappa shape index (κ3) is 2.31. The first-order valence-electron chi connectivity index (χ1n) is 4.20. The Morgan fingerprint density at radius 2 is 2.36 bits per heavy atom. The number of thiophene rings is 1. The van der Waals surface area contributed by atoms with Crippen molar-refractivity contribution in [2.45, 2.75) is 6.04 Å². The lowest BCUT2D eigenvalue weighted by Crippen LogP contribution is -2.36. The molecule has 0 aliphatic carbocycles. The molecule has 1 N–H and O–H groups in total. The monoisotopic (exact) mass is 269 g/mol. The van der Waals surface area contributed by atoms with E-state index < -0.39 is 10.8 Å². The van der Waals surface area contributed by atoms with Gasteiger partial charge in [-0.25, -0.2) is 0 Å². The maximum Gasteiger partial charge on any atom is 0.0992 e. The van der Waals surface area contributed by atoms with Crippen molar-refractivity contribution in [2.24, 2.45) is 0 Å². The van der Waals surface area contributed by atoms with Crippen molar-refractivity contribution in [1.82, 2.24) is 5.32 Å². The Kier molecular flexibility index (Phi) is 3.50. The van der Waals surface area contributed by atoms with Crippen LogP contribution in [0.2, 0.25) is 8.67 Å². The lowest BCUT2D eigenvalue weighted by atomic mass is 10.2. The first-order valence-corrected chi connectivity index (χ1v) is 7.26. The summed E-state index contributed by atoms with van der Waals surface area (Å²) >= 11 is 13.2. The fourth-order valence-corrected chi connectivity index (χ4v) is 4.23. The average Bonchev–Trinajstić information content (AvgIpc) is 2.45. The molecule has 78 valence electrons. The molecule has 2 rings (SSSR count). The van der Waals surface area contributed by atoms with Gasteiger partial charge in [-0.2, -0.15) is 0 Å². The van der Waals surface area contributed by atoms with Gasteiger partial charge in [0.15, 0.2) is 0 Å². The summed E-state index contributed by atoms with van der Waals surface area (Å²) in [5, 5.41) is 3.29. The van der Waals surface area contributed by atoms with Crippen molar-refractivity contribution >= 4 is 45.3 Å². The topological polar surface area (TPSA) is 29.1 Å². The van der Waals surface area contributed by atoms with Gasteiger partial charge in [-0.1, -0.05) is 23.2 Å². The molecule has 1 aromatic heterocycles. The summed E-state index contributed by atoms with van der Waals surface area (Å²) in [4.78, 5) is 0. The van der Waals surface area contributed by atoms with E-state index in [4.69, 9.17) is 23.2 Å². The van der Waals surface area contributed by atoms with E-state index in [-0.39, 0.29) is 6.04 Å². The minimum Gasteiger partial charge on any atom is -0.308 e. The van der Waals surface area contributed by atoms with E-state index in [1.165, 1.54) is 11.3 Å². The van der Waals surface area contributed by atoms with E-state index in [0.29, 0.717) is 14.4 Å². The second-order valence-corrected chi connectivity index (χ2v) is 7.00. The van der Waals surface area contributed by atoms with Gasteiger partial charge in [0.1, 0.15) is 0 Å². The summed E-state index contributed by atoms with van der Waals surface area (Å²) in [5.74, 6) is 1.36. The van der Waals surface area contributed by atoms with Crippen molar-refractivity contribution in [3.05, 3.63) is 20.3 Å². The molecule has 14 heavy (non-hydrogen) atoms. The lowest BCUT2D eigenvalue weighted by molar-refractivity contribution is 0.573. The maximum absolute atomic E-state index is 11.4. The van der Waals surface area contributed by atoms with Gasteiger partial charge >= 0.3 is 0 Å². The van der Waals surface area contributed by atoms with E-state index in [1.807, 2.05) is 6.07 Å². The van der Waals surface area contributed by atoms with Crippen LogP contribution in [0.25, 0.3) is 0 Å². The Labute approximate surface area is 99.1 Å². The SMILES string of the molecule is O=S1CCNC(c2cc(Cl)sc2Cl)C1. The van der Waals surface area contributed by atoms with Gasteiger partial charge in [0, 0.05) is 40.5 Å². The van der Waals surface area contributed by atoms with Crippen LogP contribution in [0.15, 0.2) is 6.07 Å². The predicted octanol–water partition coefficient (Wildman–Crippen LogP) is 2.45. The van der Waals surface area contributed by atoms with Crippen LogP contribution in [0, 0.1) is 0 Å². The van der Waals surface area contributed by atoms with Crippen molar-refractivity contribution in [1.29, 1.82) is 0 Å². The number of rotatable bonds is 1. The van der Waals surface area contributed by atoms with Gasteiger partial charge in [-0.05, 0) is 6.07 Å². The van der Waals surface area contributed by atoms with Crippen LogP contribution in [-0.2, 0) is 10.8 Å². The molecule has 1 aliphatic rings. The Hall–Kier alpha value is 0.390. The smallest absolute Gasteiger partial charge is 0.0992 e. The maximum atomic E-state index is 11.4. The summed E-state index contributed by atoms with van der Waals surface area (Å²) in [7, 11) is -0.729. The highest BCUT2D eigenvalue weighted by Gasteiger charge is 2.22. The van der Waals surface area contributed by atoms with Gasteiger partial charge in [0.2, 0.25) is 0 Å². The summed E-state index contributed by atoms with van der Waals surface area (Å²) < 4.78 is 12.7. The zero-order valence-electron chi connectivity index (χ0n) is 7.26. The first-order chi connectivity index (χ1) is 6.66. The van der Waals surface area contributed by atoms with Crippen LogP contribution in [0.4, 0.5) is 0 Å². The molecule has 1 aromatic rings. The van der Waals surface area contributed by atoms with Crippen LogP contribution in [0.3, 0.4) is 0 Å². The molecule has 2 nitrogen and oxygen atoms in total. The van der Waals surface area contributed by atoms with Crippen LogP contribution < -0.4 is 5.32 Å². The highest BCUT2D eigenvalue weighted by molar-refractivity contribution is 7.85. The normalized spacial score (nSPS) is 27.9. The average molecular weight is 270 g/mol. The summed E-state index contributed by atoms with van der Waals surface area (Å²) in [6.45, 7) is 0.779. The minimum atomic E-state index is -0.729. The first kappa shape index (κ1) is 10.9. The van der Waals surface area contributed by atoms with E-state index >= 15 is 0 Å². The molecule has 0 aromatic carbocycles. The van der Waals surface area contributed by atoms with Gasteiger partial charge in [0.05, 0.1) is 8.67 Å². The fourth-order valence-electron chi connectivity index (χ4n) is 1.47. The van der Waals surface area contributed by atoms with Crippen molar-refractivity contribution in [3.8, 4) is 0 Å². The molecule has 1 aliphatic heterocycles. The zero-order valence-corrected chi connectivity index (χ0v) is 10.4. The number of nitrogens with one attached hydrogen (secondary N) is 1. The van der Waals surface area contributed by atoms with Gasteiger partial charge in [-0.15, -0.1) is 11.3 Å². The molecule has 0 spiro atoms. The number of halogens is 2. The van der Waals surface area contributed by atoms with E-state index in [1.54, 1.807) is 0 Å². The summed E-state index contributed by atoms with van der Waals surface area (Å²) in [5.41, 5.74) is 0.981. The van der Waals surface area contributed by atoms with E-state index in [0.717, 1.165) is 17.9 Å². The van der Waals surface area contributed by atoms with Crippen LogP contribution in [0.1, 0.15) is 11.6 Å². The van der Waals surface area contributed by atoms with Crippen LogP contribution >= 0.6 is 34.5 Å². The predicted molar refractivity (Wildman–Crippen MR) is 63.0 cm³/mol. The van der Waals surface area contributed by atoms with Gasteiger partial charge in [-0.3, -0.25) is 4.21 Å². The van der Waals surface area contributed by atoms with Crippen LogP contribution in [0.5, 0.6) is 0 Å². The van der Waals surface area contributed by atoms with E-state index in [9.17, 15) is 4.21 Å². The minimum absolute atomic E-state index is 0.0980. The van der Waals surface area contributed by atoms with Crippen molar-refractivity contribution in [2.75, 3.05) is 18.1 Å². The number of hydrogen-bond acceptors (Lipinski definition) is 3. The molecule has 1 fully saturated rings. The van der Waals surface area contributed by atoms with Crippen molar-refractivity contribution in [3.63, 3.8) is 0 Å². The molecule has 0 bridgehead atoms. The summed E-state index contributed by atoms with van der Waals surface area (Å²) in [6, 6.07) is 1.95. The standard InChI is InChI=1S/C8H9Cl2NOS2/c9-7-3-5(8(10)13-7)6-4-14(12)2-1-11-6/h3,6,11H,1-2,4H2. The molecule has 0 saturated carbocycles.